The minimum atomic E-state index is -0.343. The summed E-state index contributed by atoms with van der Waals surface area (Å²) >= 11 is 0. The van der Waals surface area contributed by atoms with Gasteiger partial charge in [0.1, 0.15) is 18.1 Å². The minimum absolute atomic E-state index is 0. The van der Waals surface area contributed by atoms with Crippen LogP contribution < -0.4 is 15.8 Å². The topological polar surface area (TPSA) is 126 Å². The van der Waals surface area contributed by atoms with Gasteiger partial charge in [0.2, 0.25) is 0 Å². The first-order valence-electron chi connectivity index (χ1n) is 8.63. The first-order valence-corrected chi connectivity index (χ1v) is 8.63. The highest BCUT2D eigenvalue weighted by atomic mass is 16.6. The summed E-state index contributed by atoms with van der Waals surface area (Å²) in [6.45, 7) is 6.37. The van der Waals surface area contributed by atoms with Gasteiger partial charge in [-0.25, -0.2) is 0 Å². The van der Waals surface area contributed by atoms with Crippen LogP contribution in [0, 0.1) is 24.0 Å². The van der Waals surface area contributed by atoms with E-state index in [9.17, 15) is 10.1 Å². The monoisotopic (exact) mass is 390 g/mol. The molecular weight excluding hydrogens is 364 g/mol. The molecule has 28 heavy (non-hydrogen) atoms. The molecule has 2 heterocycles. The average molecular weight is 390 g/mol. The van der Waals surface area contributed by atoms with E-state index in [4.69, 9.17) is 14.0 Å². The van der Waals surface area contributed by atoms with Gasteiger partial charge in [0.15, 0.2) is 0 Å². The quantitative estimate of drug-likeness (QED) is 0.585. The van der Waals surface area contributed by atoms with Crippen molar-refractivity contribution < 1.29 is 18.9 Å². The Morgan fingerprint density at radius 2 is 2.07 bits per heavy atom. The predicted molar refractivity (Wildman–Crippen MR) is 107 cm³/mol. The van der Waals surface area contributed by atoms with Crippen LogP contribution >= 0.6 is 0 Å². The Morgan fingerprint density at radius 3 is 2.61 bits per heavy atom. The molecule has 1 aromatic carbocycles. The normalized spacial score (nSPS) is 14.0. The molecule has 1 aliphatic rings. The molecule has 2 aromatic rings. The van der Waals surface area contributed by atoms with E-state index in [1.54, 1.807) is 20.3 Å². The molecule has 0 radical (unpaired) electrons. The number of anilines is 1. The van der Waals surface area contributed by atoms with Gasteiger partial charge in [0.05, 0.1) is 35.9 Å². The lowest BCUT2D eigenvalue weighted by Crippen LogP contribution is -2.40. The standard InChI is InChI=1S/C19H23N3O5.H3N/c1-11(10-25-4)21-9-15(22(23)24)6-14-7-18(26-5)16(8-17(14)21)19-12(2)20-27-13(19)3;/h6-8,11H,9-10H2,1-5H3;1H3. The van der Waals surface area contributed by atoms with Crippen LogP contribution in [0.2, 0.25) is 0 Å². The van der Waals surface area contributed by atoms with Gasteiger partial charge in [-0.15, -0.1) is 0 Å². The van der Waals surface area contributed by atoms with Crippen molar-refractivity contribution in [2.45, 2.75) is 26.8 Å². The number of nitro groups is 1. The molecule has 0 amide bonds. The lowest BCUT2D eigenvalue weighted by Gasteiger charge is -2.34. The number of ether oxygens (including phenoxy) is 2. The van der Waals surface area contributed by atoms with E-state index in [2.05, 4.69) is 5.16 Å². The van der Waals surface area contributed by atoms with Crippen molar-refractivity contribution in [2.24, 2.45) is 0 Å². The van der Waals surface area contributed by atoms with Gasteiger partial charge in [-0.3, -0.25) is 10.1 Å². The Labute approximate surface area is 163 Å². The third-order valence-electron chi connectivity index (χ3n) is 4.79. The Hall–Kier alpha value is -2.91. The first kappa shape index (κ1) is 21.4. The average Bonchev–Trinajstić information content (AvgIpc) is 2.97. The van der Waals surface area contributed by atoms with Gasteiger partial charge in [-0.2, -0.15) is 0 Å². The Morgan fingerprint density at radius 1 is 1.36 bits per heavy atom. The van der Waals surface area contributed by atoms with Crippen LogP contribution in [0.4, 0.5) is 5.69 Å². The highest BCUT2D eigenvalue weighted by molar-refractivity contribution is 5.84. The van der Waals surface area contributed by atoms with Crippen molar-refractivity contribution in [3.05, 3.63) is 45.0 Å². The number of nitrogens with zero attached hydrogens (tertiary/aromatic N) is 3. The van der Waals surface area contributed by atoms with E-state index < -0.39 is 0 Å². The van der Waals surface area contributed by atoms with Gasteiger partial charge in [0.25, 0.3) is 5.70 Å². The van der Waals surface area contributed by atoms with Crippen molar-refractivity contribution in [3.63, 3.8) is 0 Å². The second-order valence-electron chi connectivity index (χ2n) is 6.64. The van der Waals surface area contributed by atoms with Gasteiger partial charge >= 0.3 is 0 Å². The Balaban J connectivity index is 0.00000280. The zero-order valence-electron chi connectivity index (χ0n) is 16.8. The highest BCUT2D eigenvalue weighted by Gasteiger charge is 2.30. The molecule has 0 saturated carbocycles. The fourth-order valence-electron chi connectivity index (χ4n) is 3.50. The molecule has 9 nitrogen and oxygen atoms in total. The Bertz CT molecular complexity index is 886. The van der Waals surface area contributed by atoms with Crippen LogP contribution in [0.15, 0.2) is 22.4 Å². The number of fused-ring (bicyclic) bond motifs is 1. The summed E-state index contributed by atoms with van der Waals surface area (Å²) in [6.07, 6.45) is 1.60. The molecule has 152 valence electrons. The fourth-order valence-corrected chi connectivity index (χ4v) is 3.50. The van der Waals surface area contributed by atoms with Gasteiger partial charge in [-0.05, 0) is 32.9 Å². The lowest BCUT2D eigenvalue weighted by molar-refractivity contribution is -0.424. The molecule has 1 atom stereocenters. The maximum atomic E-state index is 11.4. The number of methoxy groups -OCH3 is 2. The summed E-state index contributed by atoms with van der Waals surface area (Å²) < 4.78 is 16.2. The molecule has 3 N–H and O–H groups in total. The lowest BCUT2D eigenvalue weighted by atomic mass is 9.96. The fraction of sp³-hybridized carbons (Fsp3) is 0.421. The third kappa shape index (κ3) is 3.71. The number of hydrogen-bond acceptors (Lipinski definition) is 8. The summed E-state index contributed by atoms with van der Waals surface area (Å²) in [4.78, 5) is 13.1. The van der Waals surface area contributed by atoms with E-state index in [0.29, 0.717) is 18.1 Å². The summed E-state index contributed by atoms with van der Waals surface area (Å²) in [5.41, 5.74) is 4.25. The zero-order valence-corrected chi connectivity index (χ0v) is 16.8. The zero-order chi connectivity index (χ0) is 19.7. The van der Waals surface area contributed by atoms with Gasteiger partial charge < -0.3 is 25.0 Å². The molecule has 1 aromatic heterocycles. The van der Waals surface area contributed by atoms with Gasteiger partial charge in [-0.1, -0.05) is 5.16 Å². The molecule has 9 heteroatoms. The predicted octanol–water partition coefficient (Wildman–Crippen LogP) is 3.60. The van der Waals surface area contributed by atoms with Crippen LogP contribution in [0.3, 0.4) is 0 Å². The number of aromatic nitrogens is 1. The summed E-state index contributed by atoms with van der Waals surface area (Å²) in [5.74, 6) is 1.31. The van der Waals surface area contributed by atoms with Crippen molar-refractivity contribution >= 4 is 11.8 Å². The second-order valence-corrected chi connectivity index (χ2v) is 6.64. The minimum Gasteiger partial charge on any atom is -0.496 e. The largest absolute Gasteiger partial charge is 0.496 e. The van der Waals surface area contributed by atoms with Crippen LogP contribution in [0.25, 0.3) is 17.2 Å². The van der Waals surface area contributed by atoms with E-state index in [-0.39, 0.29) is 29.4 Å². The van der Waals surface area contributed by atoms with Crippen LogP contribution in [0.1, 0.15) is 23.9 Å². The molecule has 0 aliphatic carbocycles. The SMILES string of the molecule is COCC(C)N1CC([N+](=O)[O-])=Cc2cc(OC)c(-c3c(C)noc3C)cc21.N. The van der Waals surface area contributed by atoms with Crippen LogP contribution in [-0.2, 0) is 4.74 Å². The number of hydrogen-bond donors (Lipinski definition) is 1. The highest BCUT2D eigenvalue weighted by Crippen LogP contribution is 2.42. The molecule has 1 unspecified atom stereocenters. The van der Waals surface area contributed by atoms with E-state index >= 15 is 0 Å². The number of rotatable bonds is 6. The summed E-state index contributed by atoms with van der Waals surface area (Å²) in [5, 5.41) is 15.4. The molecule has 0 fully saturated rings. The van der Waals surface area contributed by atoms with E-state index in [1.165, 1.54) is 0 Å². The molecular formula is C19H26N4O5. The summed E-state index contributed by atoms with van der Waals surface area (Å²) in [6, 6.07) is 3.77. The molecule has 0 spiro atoms. The molecule has 1 aliphatic heterocycles. The van der Waals surface area contributed by atoms with Crippen LogP contribution in [0.5, 0.6) is 5.75 Å². The van der Waals surface area contributed by atoms with Crippen molar-refractivity contribution in [1.29, 1.82) is 0 Å². The summed E-state index contributed by atoms with van der Waals surface area (Å²) in [7, 11) is 3.20. The van der Waals surface area contributed by atoms with Crippen molar-refractivity contribution in [2.75, 3.05) is 32.3 Å². The number of benzene rings is 1. The van der Waals surface area contributed by atoms with Gasteiger partial charge in [0, 0.05) is 30.0 Å². The molecule has 3 rings (SSSR count). The first-order chi connectivity index (χ1) is 12.9. The van der Waals surface area contributed by atoms with E-state index in [1.807, 2.05) is 37.8 Å². The molecule has 0 bridgehead atoms. The second kappa shape index (κ2) is 8.41. The maximum absolute atomic E-state index is 11.4. The maximum Gasteiger partial charge on any atom is 0.266 e. The smallest absolute Gasteiger partial charge is 0.266 e. The third-order valence-corrected chi connectivity index (χ3v) is 4.79. The molecule has 0 saturated heterocycles. The van der Waals surface area contributed by atoms with E-state index in [0.717, 1.165) is 28.1 Å². The number of aryl methyl sites for hydroxylation is 2. The van der Waals surface area contributed by atoms with Crippen molar-refractivity contribution in [1.82, 2.24) is 11.3 Å². The Kier molecular flexibility index (Phi) is 6.42. The van der Waals surface area contributed by atoms with Crippen LogP contribution in [-0.4, -0.2) is 43.5 Å². The van der Waals surface area contributed by atoms with Crippen molar-refractivity contribution in [3.8, 4) is 16.9 Å².